The van der Waals surface area contributed by atoms with Gasteiger partial charge in [0.05, 0.1) is 5.56 Å². The molecule has 13 heavy (non-hydrogen) atoms. The summed E-state index contributed by atoms with van der Waals surface area (Å²) in [6, 6.07) is 1.44. The van der Waals surface area contributed by atoms with Gasteiger partial charge in [-0.2, -0.15) is 0 Å². The zero-order valence-electron chi connectivity index (χ0n) is 6.64. The van der Waals surface area contributed by atoms with Crippen molar-refractivity contribution in [3.63, 3.8) is 0 Å². The Morgan fingerprint density at radius 2 is 2.46 bits per heavy atom. The van der Waals surface area contributed by atoms with Crippen molar-refractivity contribution in [1.29, 1.82) is 0 Å². The molecule has 0 aliphatic carbocycles. The van der Waals surface area contributed by atoms with Gasteiger partial charge in [0.1, 0.15) is 5.75 Å². The van der Waals surface area contributed by atoms with Crippen molar-refractivity contribution in [1.82, 2.24) is 4.98 Å². The summed E-state index contributed by atoms with van der Waals surface area (Å²) < 4.78 is 4.82. The van der Waals surface area contributed by atoms with Gasteiger partial charge in [-0.25, -0.2) is 4.79 Å². The maximum absolute atomic E-state index is 10.4. The molecule has 0 bridgehead atoms. The van der Waals surface area contributed by atoms with Gasteiger partial charge in [0.25, 0.3) is 0 Å². The Morgan fingerprint density at radius 1 is 1.69 bits per heavy atom. The van der Waals surface area contributed by atoms with Crippen LogP contribution in [0.4, 0.5) is 0 Å². The Hall–Kier alpha value is -1.91. The highest BCUT2D eigenvalue weighted by Crippen LogP contribution is 2.13. The van der Waals surface area contributed by atoms with E-state index in [4.69, 9.17) is 9.84 Å². The van der Waals surface area contributed by atoms with Gasteiger partial charge in [0, 0.05) is 12.4 Å². The first-order valence-electron chi connectivity index (χ1n) is 3.48. The average Bonchev–Trinajstić information content (AvgIpc) is 2.15. The van der Waals surface area contributed by atoms with Crippen LogP contribution in [-0.4, -0.2) is 29.0 Å². The van der Waals surface area contributed by atoms with Crippen LogP contribution in [0.2, 0.25) is 0 Å². The summed E-state index contributed by atoms with van der Waals surface area (Å²) in [6.45, 7) is -0.467. The molecule has 0 saturated carbocycles. The number of hydrogen-bond acceptors (Lipinski definition) is 4. The van der Waals surface area contributed by atoms with Crippen molar-refractivity contribution in [2.24, 2.45) is 0 Å². The van der Waals surface area contributed by atoms with E-state index < -0.39 is 12.6 Å². The fraction of sp³-hybridized carbons (Fsp3) is 0.125. The number of carbonyl (C=O) groups is 2. The molecule has 0 spiro atoms. The summed E-state index contributed by atoms with van der Waals surface area (Å²) in [5.74, 6) is -0.860. The monoisotopic (exact) mass is 181 g/mol. The highest BCUT2D eigenvalue weighted by molar-refractivity contribution is 5.78. The molecule has 0 saturated heterocycles. The summed E-state index contributed by atoms with van der Waals surface area (Å²) in [6.07, 6.45) is 3.29. The number of hydrogen-bond donors (Lipinski definition) is 1. The molecule has 0 radical (unpaired) electrons. The lowest BCUT2D eigenvalue weighted by molar-refractivity contribution is -0.139. The molecule has 1 N–H and O–H groups in total. The highest BCUT2D eigenvalue weighted by atomic mass is 16.5. The minimum Gasteiger partial charge on any atom is -0.481 e. The summed E-state index contributed by atoms with van der Waals surface area (Å²) in [5.41, 5.74) is 0.240. The Labute approximate surface area is 74.0 Å². The first kappa shape index (κ1) is 9.18. The van der Waals surface area contributed by atoms with E-state index >= 15 is 0 Å². The van der Waals surface area contributed by atoms with E-state index in [1.807, 2.05) is 0 Å². The van der Waals surface area contributed by atoms with Gasteiger partial charge in [-0.15, -0.1) is 0 Å². The quantitative estimate of drug-likeness (QED) is 0.678. The maximum Gasteiger partial charge on any atom is 0.341 e. The van der Waals surface area contributed by atoms with Crippen molar-refractivity contribution in [2.75, 3.05) is 6.61 Å². The maximum atomic E-state index is 10.4. The van der Waals surface area contributed by atoms with Crippen LogP contribution in [0, 0.1) is 0 Å². The van der Waals surface area contributed by atoms with Gasteiger partial charge in [-0.1, -0.05) is 0 Å². The molecule has 0 atom stereocenters. The zero-order chi connectivity index (χ0) is 9.68. The third kappa shape index (κ3) is 2.55. The molecule has 0 unspecified atom stereocenters. The number of aldehydes is 1. The number of aromatic nitrogens is 1. The smallest absolute Gasteiger partial charge is 0.341 e. The van der Waals surface area contributed by atoms with Crippen LogP contribution in [0.25, 0.3) is 0 Å². The van der Waals surface area contributed by atoms with Gasteiger partial charge >= 0.3 is 5.97 Å². The standard InChI is InChI=1S/C8H7NO4/c10-4-6-3-9-2-1-7(6)13-5-8(11)12/h1-4H,5H2,(H,11,12). The topological polar surface area (TPSA) is 76.5 Å². The molecule has 68 valence electrons. The second-order valence-electron chi connectivity index (χ2n) is 2.21. The third-order valence-corrected chi connectivity index (χ3v) is 1.29. The van der Waals surface area contributed by atoms with Gasteiger partial charge in [-0.3, -0.25) is 9.78 Å². The number of pyridine rings is 1. The Kier molecular flexibility index (Phi) is 2.97. The number of ether oxygens (including phenoxy) is 1. The van der Waals surface area contributed by atoms with E-state index in [2.05, 4.69) is 4.98 Å². The highest BCUT2D eigenvalue weighted by Gasteiger charge is 2.03. The molecule has 5 nitrogen and oxygen atoms in total. The van der Waals surface area contributed by atoms with E-state index in [-0.39, 0.29) is 11.3 Å². The predicted octanol–water partition coefficient (Wildman–Crippen LogP) is 0.357. The number of aliphatic carboxylic acids is 1. The van der Waals surface area contributed by atoms with Crippen molar-refractivity contribution in [3.8, 4) is 5.75 Å². The lowest BCUT2D eigenvalue weighted by atomic mass is 10.3. The molecule has 0 aliphatic rings. The molecule has 0 amide bonds. The Morgan fingerprint density at radius 3 is 3.08 bits per heavy atom. The molecule has 0 aromatic carbocycles. The lowest BCUT2D eigenvalue weighted by Crippen LogP contribution is -2.10. The van der Waals surface area contributed by atoms with Crippen molar-refractivity contribution in [2.45, 2.75) is 0 Å². The Bertz CT molecular complexity index is 324. The number of rotatable bonds is 4. The molecule has 0 aliphatic heterocycles. The van der Waals surface area contributed by atoms with E-state index in [9.17, 15) is 9.59 Å². The van der Waals surface area contributed by atoms with Crippen LogP contribution in [0.3, 0.4) is 0 Å². The lowest BCUT2D eigenvalue weighted by Gasteiger charge is -2.03. The fourth-order valence-corrected chi connectivity index (χ4v) is 0.753. The molecule has 1 aromatic rings. The second kappa shape index (κ2) is 4.20. The molecule has 1 rings (SSSR count). The van der Waals surface area contributed by atoms with Gasteiger partial charge in [0.2, 0.25) is 0 Å². The largest absolute Gasteiger partial charge is 0.481 e. The summed E-state index contributed by atoms with van der Waals surface area (Å²) in [4.78, 5) is 24.2. The third-order valence-electron chi connectivity index (χ3n) is 1.29. The van der Waals surface area contributed by atoms with Gasteiger partial charge < -0.3 is 9.84 Å². The van der Waals surface area contributed by atoms with E-state index in [0.717, 1.165) is 0 Å². The minimum absolute atomic E-state index is 0.229. The molecular weight excluding hydrogens is 174 g/mol. The van der Waals surface area contributed by atoms with Crippen LogP contribution in [0.15, 0.2) is 18.5 Å². The zero-order valence-corrected chi connectivity index (χ0v) is 6.64. The van der Waals surface area contributed by atoms with Crippen LogP contribution in [-0.2, 0) is 4.79 Å². The van der Waals surface area contributed by atoms with Crippen molar-refractivity contribution in [3.05, 3.63) is 24.0 Å². The fourth-order valence-electron chi connectivity index (χ4n) is 0.753. The first-order valence-corrected chi connectivity index (χ1v) is 3.48. The van der Waals surface area contributed by atoms with Gasteiger partial charge in [0.15, 0.2) is 12.9 Å². The number of carboxylic acid groups (broad SMARTS) is 1. The second-order valence-corrected chi connectivity index (χ2v) is 2.21. The molecule has 5 heteroatoms. The predicted molar refractivity (Wildman–Crippen MR) is 42.8 cm³/mol. The summed E-state index contributed by atoms with van der Waals surface area (Å²) in [7, 11) is 0. The van der Waals surface area contributed by atoms with E-state index in [1.54, 1.807) is 0 Å². The molecule has 1 aromatic heterocycles. The SMILES string of the molecule is O=Cc1cnccc1OCC(=O)O. The van der Waals surface area contributed by atoms with Crippen LogP contribution < -0.4 is 4.74 Å². The molecule has 1 heterocycles. The molecular formula is C8H7NO4. The number of carboxylic acids is 1. The van der Waals surface area contributed by atoms with Crippen LogP contribution >= 0.6 is 0 Å². The minimum atomic E-state index is -1.09. The Balaban J connectivity index is 2.75. The van der Waals surface area contributed by atoms with Crippen LogP contribution in [0.5, 0.6) is 5.75 Å². The first-order chi connectivity index (χ1) is 6.24. The van der Waals surface area contributed by atoms with E-state index in [1.165, 1.54) is 18.5 Å². The van der Waals surface area contributed by atoms with E-state index in [0.29, 0.717) is 6.29 Å². The summed E-state index contributed by atoms with van der Waals surface area (Å²) >= 11 is 0. The number of carbonyl (C=O) groups excluding carboxylic acids is 1. The van der Waals surface area contributed by atoms with Crippen LogP contribution in [0.1, 0.15) is 10.4 Å². The van der Waals surface area contributed by atoms with Crippen molar-refractivity contribution >= 4 is 12.3 Å². The summed E-state index contributed by atoms with van der Waals surface area (Å²) in [5, 5.41) is 8.31. The average molecular weight is 181 g/mol. The molecule has 0 fully saturated rings. The van der Waals surface area contributed by atoms with Crippen molar-refractivity contribution < 1.29 is 19.4 Å². The normalized spacial score (nSPS) is 9.23. The van der Waals surface area contributed by atoms with Gasteiger partial charge in [-0.05, 0) is 6.07 Å². The number of nitrogens with zero attached hydrogens (tertiary/aromatic N) is 1.